The molecule has 2 aromatic heterocycles. The maximum atomic E-state index is 5.59. The monoisotopic (exact) mass is 217 g/mol. The van der Waals surface area contributed by atoms with Crippen molar-refractivity contribution in [2.75, 3.05) is 0 Å². The molecule has 0 aromatic carbocycles. The van der Waals surface area contributed by atoms with Gasteiger partial charge in [-0.1, -0.05) is 0 Å². The predicted molar refractivity (Wildman–Crippen MR) is 60.3 cm³/mol. The summed E-state index contributed by atoms with van der Waals surface area (Å²) in [6.07, 6.45) is 2.47. The molecule has 0 amide bonds. The van der Waals surface area contributed by atoms with Gasteiger partial charge in [0.1, 0.15) is 17.3 Å². The van der Waals surface area contributed by atoms with Crippen molar-refractivity contribution in [3.05, 3.63) is 22.9 Å². The molecule has 4 nitrogen and oxygen atoms in total. The van der Waals surface area contributed by atoms with Crippen LogP contribution < -0.4 is 0 Å². The van der Waals surface area contributed by atoms with Gasteiger partial charge < -0.3 is 4.42 Å². The summed E-state index contributed by atoms with van der Waals surface area (Å²) in [7, 11) is 0. The van der Waals surface area contributed by atoms with Crippen molar-refractivity contribution in [3.63, 3.8) is 0 Å². The smallest absolute Gasteiger partial charge is 0.184 e. The lowest BCUT2D eigenvalue weighted by Crippen LogP contribution is -1.85. The summed E-state index contributed by atoms with van der Waals surface area (Å²) in [4.78, 5) is 4.55. The summed E-state index contributed by atoms with van der Waals surface area (Å²) in [5.41, 5.74) is 2.18. The molecule has 2 aromatic rings. The predicted octanol–water partition coefficient (Wildman–Crippen LogP) is 2.87. The molecule has 3 rings (SSSR count). The summed E-state index contributed by atoms with van der Waals surface area (Å²) in [6, 6.07) is 0. The summed E-state index contributed by atoms with van der Waals surface area (Å²) < 4.78 is 5.59. The molecule has 1 aliphatic rings. The van der Waals surface area contributed by atoms with Crippen LogP contribution >= 0.6 is 0 Å². The van der Waals surface area contributed by atoms with Gasteiger partial charge >= 0.3 is 0 Å². The highest BCUT2D eigenvalue weighted by molar-refractivity contribution is 5.63. The number of furan rings is 1. The summed E-state index contributed by atoms with van der Waals surface area (Å²) in [5.74, 6) is 4.25. The van der Waals surface area contributed by atoms with Crippen LogP contribution in [-0.4, -0.2) is 15.2 Å². The summed E-state index contributed by atoms with van der Waals surface area (Å²) in [6.45, 7) is 5.98. The van der Waals surface area contributed by atoms with Gasteiger partial charge in [0, 0.05) is 11.5 Å². The molecular formula is C12H15N3O. The normalized spacial score (nSPS) is 15.7. The minimum absolute atomic E-state index is 0.606. The lowest BCUT2D eigenvalue weighted by molar-refractivity contribution is 0.503. The van der Waals surface area contributed by atoms with Crippen LogP contribution in [0, 0.1) is 20.8 Å². The van der Waals surface area contributed by atoms with Gasteiger partial charge in [-0.15, -0.1) is 0 Å². The topological polar surface area (TPSA) is 54.7 Å². The van der Waals surface area contributed by atoms with Crippen LogP contribution in [0.15, 0.2) is 4.42 Å². The van der Waals surface area contributed by atoms with Gasteiger partial charge in [-0.3, -0.25) is 5.10 Å². The van der Waals surface area contributed by atoms with E-state index in [4.69, 9.17) is 4.42 Å². The Labute approximate surface area is 94.1 Å². The van der Waals surface area contributed by atoms with Gasteiger partial charge in [0.05, 0.1) is 5.56 Å². The van der Waals surface area contributed by atoms with E-state index >= 15 is 0 Å². The average molecular weight is 217 g/mol. The first-order valence-corrected chi connectivity index (χ1v) is 5.66. The van der Waals surface area contributed by atoms with Crippen molar-refractivity contribution in [1.82, 2.24) is 15.2 Å². The zero-order valence-electron chi connectivity index (χ0n) is 9.79. The molecule has 1 N–H and O–H groups in total. The minimum Gasteiger partial charge on any atom is -0.466 e. The first kappa shape index (κ1) is 9.63. The second-order valence-corrected chi connectivity index (χ2v) is 4.53. The standard InChI is InChI=1S/C12H15N3O/c1-6-7(2)16-8(3)10(6)12-13-11(14-15-12)9-4-5-9/h9H,4-5H2,1-3H3,(H,13,14,15). The van der Waals surface area contributed by atoms with Crippen LogP contribution in [0.2, 0.25) is 0 Å². The third kappa shape index (κ3) is 1.37. The number of hydrogen-bond acceptors (Lipinski definition) is 3. The summed E-state index contributed by atoms with van der Waals surface area (Å²) >= 11 is 0. The number of H-pyrrole nitrogens is 1. The largest absolute Gasteiger partial charge is 0.466 e. The number of aromatic nitrogens is 3. The molecule has 16 heavy (non-hydrogen) atoms. The van der Waals surface area contributed by atoms with E-state index in [1.165, 1.54) is 12.8 Å². The third-order valence-electron chi connectivity index (χ3n) is 3.25. The zero-order chi connectivity index (χ0) is 11.3. The fraction of sp³-hybridized carbons (Fsp3) is 0.500. The Bertz CT molecular complexity index is 534. The third-order valence-corrected chi connectivity index (χ3v) is 3.25. The lowest BCUT2D eigenvalue weighted by Gasteiger charge is -1.93. The zero-order valence-corrected chi connectivity index (χ0v) is 9.79. The number of aromatic amines is 1. The second-order valence-electron chi connectivity index (χ2n) is 4.53. The van der Waals surface area contributed by atoms with Gasteiger partial charge in [0.15, 0.2) is 5.82 Å². The summed E-state index contributed by atoms with van der Waals surface area (Å²) in [5, 5.41) is 7.31. The van der Waals surface area contributed by atoms with E-state index in [9.17, 15) is 0 Å². The van der Waals surface area contributed by atoms with E-state index in [-0.39, 0.29) is 0 Å². The molecule has 84 valence electrons. The molecule has 0 bridgehead atoms. The molecule has 1 saturated carbocycles. The van der Waals surface area contributed by atoms with Crippen molar-refractivity contribution >= 4 is 0 Å². The lowest BCUT2D eigenvalue weighted by atomic mass is 10.1. The molecule has 0 spiro atoms. The number of aryl methyl sites for hydroxylation is 2. The molecule has 1 fully saturated rings. The minimum atomic E-state index is 0.606. The molecule has 0 radical (unpaired) electrons. The van der Waals surface area contributed by atoms with Crippen molar-refractivity contribution < 1.29 is 4.42 Å². The van der Waals surface area contributed by atoms with Crippen LogP contribution in [-0.2, 0) is 0 Å². The molecule has 2 heterocycles. The first-order chi connectivity index (χ1) is 7.66. The number of nitrogens with one attached hydrogen (secondary N) is 1. The Morgan fingerprint density at radius 2 is 1.94 bits per heavy atom. The number of hydrogen-bond donors (Lipinski definition) is 1. The van der Waals surface area contributed by atoms with E-state index in [2.05, 4.69) is 15.2 Å². The van der Waals surface area contributed by atoms with Crippen molar-refractivity contribution in [2.24, 2.45) is 0 Å². The fourth-order valence-corrected chi connectivity index (χ4v) is 2.05. The van der Waals surface area contributed by atoms with E-state index in [0.29, 0.717) is 5.92 Å². The van der Waals surface area contributed by atoms with Gasteiger partial charge in [-0.2, -0.15) is 5.10 Å². The molecule has 4 heteroatoms. The molecule has 0 aliphatic heterocycles. The Balaban J connectivity index is 2.06. The molecule has 0 unspecified atom stereocenters. The molecule has 0 saturated heterocycles. The van der Waals surface area contributed by atoms with E-state index < -0.39 is 0 Å². The van der Waals surface area contributed by atoms with Crippen LogP contribution in [0.4, 0.5) is 0 Å². The van der Waals surface area contributed by atoms with Gasteiger partial charge in [0.2, 0.25) is 0 Å². The fourth-order valence-electron chi connectivity index (χ4n) is 2.05. The first-order valence-electron chi connectivity index (χ1n) is 5.66. The maximum absolute atomic E-state index is 5.59. The van der Waals surface area contributed by atoms with Gasteiger partial charge in [0.25, 0.3) is 0 Å². The Morgan fingerprint density at radius 3 is 2.50 bits per heavy atom. The highest BCUT2D eigenvalue weighted by atomic mass is 16.3. The molecular weight excluding hydrogens is 202 g/mol. The van der Waals surface area contributed by atoms with Crippen LogP contribution in [0.25, 0.3) is 11.4 Å². The van der Waals surface area contributed by atoms with Gasteiger partial charge in [-0.05, 0) is 33.6 Å². The van der Waals surface area contributed by atoms with E-state index in [0.717, 1.165) is 34.3 Å². The number of nitrogens with zero attached hydrogens (tertiary/aromatic N) is 2. The molecule has 0 atom stereocenters. The highest BCUT2D eigenvalue weighted by Gasteiger charge is 2.28. The number of rotatable bonds is 2. The second kappa shape index (κ2) is 3.20. The maximum Gasteiger partial charge on any atom is 0.184 e. The Hall–Kier alpha value is -1.58. The average Bonchev–Trinajstić information content (AvgIpc) is 2.93. The Kier molecular flexibility index (Phi) is 1.93. The van der Waals surface area contributed by atoms with Crippen molar-refractivity contribution in [2.45, 2.75) is 39.5 Å². The van der Waals surface area contributed by atoms with Crippen LogP contribution in [0.5, 0.6) is 0 Å². The quantitative estimate of drug-likeness (QED) is 0.841. The van der Waals surface area contributed by atoms with Crippen molar-refractivity contribution in [3.8, 4) is 11.4 Å². The van der Waals surface area contributed by atoms with Crippen molar-refractivity contribution in [1.29, 1.82) is 0 Å². The highest BCUT2D eigenvalue weighted by Crippen LogP contribution is 2.39. The van der Waals surface area contributed by atoms with Gasteiger partial charge in [-0.25, -0.2) is 4.98 Å². The van der Waals surface area contributed by atoms with Crippen LogP contribution in [0.3, 0.4) is 0 Å². The SMILES string of the molecule is Cc1oc(C)c(-c2n[nH]c(C3CC3)n2)c1C. The van der Waals surface area contributed by atoms with E-state index in [1.54, 1.807) is 0 Å². The Morgan fingerprint density at radius 1 is 1.19 bits per heavy atom. The molecule has 1 aliphatic carbocycles. The van der Waals surface area contributed by atoms with E-state index in [1.807, 2.05) is 20.8 Å². The van der Waals surface area contributed by atoms with Crippen LogP contribution in [0.1, 0.15) is 41.7 Å².